The molecule has 4 heteroatoms. The SMILES string of the molecule is CCCC1=Cc2ccccc2[C]1(c1ccccc1)[Hf]([Cl])([Cl])([SiH](C)C)[C]1(c2ccccc2)C(CCC)=Cc2ccccc21. The van der Waals surface area contributed by atoms with Gasteiger partial charge in [0.2, 0.25) is 0 Å². The van der Waals surface area contributed by atoms with Crippen LogP contribution in [0.2, 0.25) is 13.1 Å². The van der Waals surface area contributed by atoms with Crippen LogP contribution < -0.4 is 0 Å². The van der Waals surface area contributed by atoms with Crippen molar-refractivity contribution in [3.8, 4) is 0 Å². The Labute approximate surface area is 261 Å². The van der Waals surface area contributed by atoms with Crippen LogP contribution in [0.3, 0.4) is 0 Å². The van der Waals surface area contributed by atoms with E-state index in [0.29, 0.717) is 0 Å². The summed E-state index contributed by atoms with van der Waals surface area (Å²) in [6.07, 6.45) is 8.95. The van der Waals surface area contributed by atoms with Gasteiger partial charge in [-0.2, -0.15) is 0 Å². The fourth-order valence-electron chi connectivity index (χ4n) is 8.74. The minimum absolute atomic E-state index is 0.561. The molecule has 4 aromatic carbocycles. The maximum absolute atomic E-state index is 9.21. The van der Waals surface area contributed by atoms with Crippen molar-refractivity contribution in [2.45, 2.75) is 59.0 Å². The molecule has 2 aliphatic rings. The molecule has 0 N–H and O–H groups in total. The summed E-state index contributed by atoms with van der Waals surface area (Å²) in [5.74, 6) is -1.87. The van der Waals surface area contributed by atoms with Gasteiger partial charge in [0.15, 0.2) is 0 Å². The normalized spacial score (nSPS) is 22.2. The maximum atomic E-state index is 9.21. The van der Waals surface area contributed by atoms with E-state index in [1.54, 1.807) is 0 Å². The van der Waals surface area contributed by atoms with Crippen molar-refractivity contribution in [3.05, 3.63) is 154 Å². The predicted octanol–water partition coefficient (Wildman–Crippen LogP) is 11.2. The molecule has 2 aliphatic carbocycles. The zero-order valence-electron chi connectivity index (χ0n) is 25.2. The number of benzene rings is 4. The van der Waals surface area contributed by atoms with Gasteiger partial charge >= 0.3 is 263 Å². The van der Waals surface area contributed by atoms with E-state index < -0.39 is 27.6 Å². The molecular weight excluding hydrogens is 734 g/mol. The van der Waals surface area contributed by atoms with Crippen LogP contribution in [0.4, 0.5) is 0 Å². The molecule has 6 rings (SSSR count). The average molecular weight is 775 g/mol. The van der Waals surface area contributed by atoms with Gasteiger partial charge in [-0.05, 0) is 0 Å². The summed E-state index contributed by atoms with van der Waals surface area (Å²) in [5.41, 5.74) is 10.6. The molecule has 4 aromatic rings. The molecule has 0 fully saturated rings. The Hall–Kier alpha value is -1.97. The molecule has 0 heterocycles. The van der Waals surface area contributed by atoms with Crippen molar-refractivity contribution in [2.24, 2.45) is 0 Å². The van der Waals surface area contributed by atoms with Crippen LogP contribution >= 0.6 is 17.2 Å². The first-order chi connectivity index (χ1) is 20.3. The molecule has 0 saturated carbocycles. The Bertz CT molecular complexity index is 1550. The Morgan fingerprint density at radius 1 is 0.548 bits per heavy atom. The van der Waals surface area contributed by atoms with Gasteiger partial charge in [0.05, 0.1) is 0 Å². The molecule has 0 aliphatic heterocycles. The first kappa shape index (κ1) is 30.1. The van der Waals surface area contributed by atoms with E-state index in [0.717, 1.165) is 25.7 Å². The summed E-state index contributed by atoms with van der Waals surface area (Å²) >= 11 is -5.63. The van der Waals surface area contributed by atoms with Gasteiger partial charge < -0.3 is 0 Å². The molecule has 215 valence electrons. The van der Waals surface area contributed by atoms with Gasteiger partial charge in [-0.1, -0.05) is 0 Å². The van der Waals surface area contributed by atoms with E-state index in [1.807, 2.05) is 0 Å². The topological polar surface area (TPSA) is 0 Å². The first-order valence-electron chi connectivity index (χ1n) is 15.6. The van der Waals surface area contributed by atoms with Crippen LogP contribution in [-0.4, -0.2) is 5.98 Å². The third-order valence-electron chi connectivity index (χ3n) is 10.2. The standard InChI is InChI=1S/2C18H17.C2H7Si.2ClH.Hf/c2*1-2-8-16-13-15-11-6-7-12-17(15)18(16)14-9-4-3-5-10-14;1-3-2;;;/h2*3-7,9-13H,2,8H2,1H3;3H,1-2H3;2*1H;/q;;;;;+2/p-2. The third kappa shape index (κ3) is 3.74. The molecule has 0 nitrogen and oxygen atoms in total. The number of fused-ring (bicyclic) bond motifs is 2. The summed E-state index contributed by atoms with van der Waals surface area (Å²) in [7, 11) is 18.4. The second-order valence-electron chi connectivity index (χ2n) is 12.5. The van der Waals surface area contributed by atoms with Crippen LogP contribution in [0.5, 0.6) is 0 Å². The van der Waals surface area contributed by atoms with Gasteiger partial charge in [-0.15, -0.1) is 0 Å². The van der Waals surface area contributed by atoms with E-state index >= 15 is 0 Å². The second-order valence-corrected chi connectivity index (χ2v) is 70.3. The minimum atomic E-state index is -5.63. The fourth-order valence-corrected chi connectivity index (χ4v) is 66.2. The summed E-state index contributed by atoms with van der Waals surface area (Å²) in [6, 6.07) is 40.3. The number of rotatable bonds is 9. The van der Waals surface area contributed by atoms with Crippen LogP contribution in [0.15, 0.2) is 120 Å². The number of allylic oxidation sites excluding steroid dienone is 2. The zero-order valence-corrected chi connectivity index (χ0v) is 31.5. The predicted molar refractivity (Wildman–Crippen MR) is 184 cm³/mol. The third-order valence-corrected chi connectivity index (χ3v) is 88.1. The number of halogens is 2. The summed E-state index contributed by atoms with van der Waals surface area (Å²) in [4.78, 5) is 0. The van der Waals surface area contributed by atoms with Crippen molar-refractivity contribution in [3.63, 3.8) is 0 Å². The summed E-state index contributed by atoms with van der Waals surface area (Å²) in [6.45, 7) is 9.53. The fraction of sp³-hybridized carbons (Fsp3) is 0.263. The molecule has 0 saturated heterocycles. The van der Waals surface area contributed by atoms with Crippen LogP contribution in [0.1, 0.15) is 72.9 Å². The van der Waals surface area contributed by atoms with E-state index in [1.165, 1.54) is 44.5 Å². The Kier molecular flexibility index (Phi) is 8.01. The van der Waals surface area contributed by atoms with Crippen molar-refractivity contribution in [1.29, 1.82) is 0 Å². The molecule has 2 atom stereocenters. The molecule has 2 unspecified atom stereocenters. The Morgan fingerprint density at radius 2 is 0.905 bits per heavy atom. The Morgan fingerprint density at radius 3 is 1.26 bits per heavy atom. The number of hydrogen-bond donors (Lipinski definition) is 0. The van der Waals surface area contributed by atoms with Crippen molar-refractivity contribution >= 4 is 35.3 Å². The average Bonchev–Trinajstić information content (AvgIpc) is 3.53. The molecule has 0 aromatic heterocycles. The molecule has 42 heavy (non-hydrogen) atoms. The molecular formula is C38H41Cl2HfSi. The van der Waals surface area contributed by atoms with Gasteiger partial charge in [0.25, 0.3) is 0 Å². The van der Waals surface area contributed by atoms with Crippen molar-refractivity contribution in [2.75, 3.05) is 0 Å². The number of hydrogen-bond acceptors (Lipinski definition) is 0. The Balaban J connectivity index is 1.91. The van der Waals surface area contributed by atoms with Crippen LogP contribution in [0, 0.1) is 0 Å². The van der Waals surface area contributed by atoms with Crippen LogP contribution in [0.25, 0.3) is 12.2 Å². The molecule has 0 spiro atoms. The first-order valence-corrected chi connectivity index (χ1v) is 37.2. The van der Waals surface area contributed by atoms with Gasteiger partial charge in [0, 0.05) is 0 Å². The summed E-state index contributed by atoms with van der Waals surface area (Å²) < 4.78 is -1.12. The van der Waals surface area contributed by atoms with Gasteiger partial charge in [0.1, 0.15) is 0 Å². The molecule has 0 amide bonds. The van der Waals surface area contributed by atoms with Gasteiger partial charge in [-0.25, -0.2) is 0 Å². The quantitative estimate of drug-likeness (QED) is 0.149. The van der Waals surface area contributed by atoms with E-state index in [9.17, 15) is 17.2 Å². The summed E-state index contributed by atoms with van der Waals surface area (Å²) in [5, 5.41) is 0. The second kappa shape index (κ2) is 11.2. The van der Waals surface area contributed by atoms with E-state index in [4.69, 9.17) is 0 Å². The van der Waals surface area contributed by atoms with E-state index in [2.05, 4.69) is 148 Å². The van der Waals surface area contributed by atoms with Crippen LogP contribution in [-0.2, 0) is 21.6 Å². The van der Waals surface area contributed by atoms with E-state index in [-0.39, 0.29) is 0 Å². The van der Waals surface area contributed by atoms with Gasteiger partial charge in [-0.3, -0.25) is 0 Å². The molecule has 0 bridgehead atoms. The zero-order chi connectivity index (χ0) is 29.6. The van der Waals surface area contributed by atoms with Crippen molar-refractivity contribution < 1.29 is 15.3 Å². The van der Waals surface area contributed by atoms with Crippen molar-refractivity contribution in [1.82, 2.24) is 0 Å². The monoisotopic (exact) mass is 775 g/mol. The molecule has 0 radical (unpaired) electrons.